The highest BCUT2D eigenvalue weighted by atomic mass is 16.5. The van der Waals surface area contributed by atoms with E-state index < -0.39 is 5.97 Å². The zero-order valence-corrected chi connectivity index (χ0v) is 19.2. The summed E-state index contributed by atoms with van der Waals surface area (Å²) < 4.78 is 10.0. The molecule has 35 heavy (non-hydrogen) atoms. The molecule has 0 aliphatic heterocycles. The highest BCUT2D eigenvalue weighted by molar-refractivity contribution is 5.81. The van der Waals surface area contributed by atoms with E-state index in [9.17, 15) is 9.59 Å². The third kappa shape index (κ3) is 6.03. The van der Waals surface area contributed by atoms with Crippen LogP contribution in [0.5, 0.6) is 0 Å². The summed E-state index contributed by atoms with van der Waals surface area (Å²) in [7, 11) is 0. The van der Waals surface area contributed by atoms with Crippen LogP contribution in [0, 0.1) is 0 Å². The van der Waals surface area contributed by atoms with E-state index in [2.05, 4.69) is 47.9 Å². The summed E-state index contributed by atoms with van der Waals surface area (Å²) in [5.74, 6) is -0.451. The van der Waals surface area contributed by atoms with E-state index in [0.29, 0.717) is 6.47 Å². The van der Waals surface area contributed by atoms with E-state index in [1.54, 1.807) is 0 Å². The fraction of sp³-hybridized carbons (Fsp3) is 0.0667. The number of anilines is 3. The average molecular weight is 464 g/mol. The number of benzene rings is 4. The Balaban J connectivity index is 1.65. The van der Waals surface area contributed by atoms with Crippen LogP contribution in [0.25, 0.3) is 11.1 Å². The molecule has 0 amide bonds. The van der Waals surface area contributed by atoms with Crippen molar-refractivity contribution in [3.63, 3.8) is 0 Å². The molecule has 4 aromatic rings. The lowest BCUT2D eigenvalue weighted by molar-refractivity contribution is -0.139. The molecule has 0 heterocycles. The van der Waals surface area contributed by atoms with Crippen molar-refractivity contribution in [2.24, 2.45) is 0 Å². The molecule has 0 bridgehead atoms. The normalized spacial score (nSPS) is 10.3. The lowest BCUT2D eigenvalue weighted by Gasteiger charge is -2.26. The van der Waals surface area contributed by atoms with Crippen molar-refractivity contribution in [1.29, 1.82) is 0 Å². The monoisotopic (exact) mass is 463 g/mol. The van der Waals surface area contributed by atoms with Crippen LogP contribution in [0.4, 0.5) is 17.1 Å². The number of hydrogen-bond donors (Lipinski definition) is 0. The Morgan fingerprint density at radius 1 is 0.686 bits per heavy atom. The van der Waals surface area contributed by atoms with E-state index in [1.807, 2.05) is 66.7 Å². The van der Waals surface area contributed by atoms with Crippen LogP contribution in [0.15, 0.2) is 116 Å². The molecule has 5 heteroatoms. The molecule has 4 rings (SSSR count). The number of nitrogens with zero attached hydrogens (tertiary/aromatic N) is 1. The van der Waals surface area contributed by atoms with Crippen LogP contribution >= 0.6 is 0 Å². The summed E-state index contributed by atoms with van der Waals surface area (Å²) in [4.78, 5) is 24.0. The molecule has 174 valence electrons. The molecule has 0 aliphatic rings. The van der Waals surface area contributed by atoms with Crippen LogP contribution < -0.4 is 4.90 Å². The van der Waals surface area contributed by atoms with Gasteiger partial charge in [0.15, 0.2) is 0 Å². The van der Waals surface area contributed by atoms with Crippen LogP contribution in [0.3, 0.4) is 0 Å². The molecule has 0 radical (unpaired) electrons. The second-order valence-electron chi connectivity index (χ2n) is 7.80. The number of rotatable bonds is 10. The lowest BCUT2D eigenvalue weighted by Crippen LogP contribution is -2.10. The van der Waals surface area contributed by atoms with Gasteiger partial charge in [-0.05, 0) is 58.7 Å². The molecular weight excluding hydrogens is 438 g/mol. The molecule has 0 fully saturated rings. The fourth-order valence-electron chi connectivity index (χ4n) is 3.71. The van der Waals surface area contributed by atoms with E-state index >= 15 is 0 Å². The number of hydrogen-bond acceptors (Lipinski definition) is 5. The summed E-state index contributed by atoms with van der Waals surface area (Å²) in [5.41, 5.74) is 6.97. The lowest BCUT2D eigenvalue weighted by atomic mass is 10.0. The van der Waals surface area contributed by atoms with Gasteiger partial charge in [0.2, 0.25) is 0 Å². The summed E-state index contributed by atoms with van der Waals surface area (Å²) in [6, 6.07) is 34.3. The van der Waals surface area contributed by atoms with E-state index in [1.165, 1.54) is 0 Å². The molecule has 0 saturated carbocycles. The van der Waals surface area contributed by atoms with Crippen LogP contribution in [-0.4, -0.2) is 12.4 Å². The van der Waals surface area contributed by atoms with Crippen molar-refractivity contribution in [2.45, 2.75) is 13.2 Å². The van der Waals surface area contributed by atoms with Gasteiger partial charge in [-0.2, -0.15) is 0 Å². The molecular formula is C30H25NO4. The van der Waals surface area contributed by atoms with E-state index in [0.717, 1.165) is 45.4 Å². The molecule has 0 aliphatic carbocycles. The molecule has 4 aromatic carbocycles. The Bertz CT molecular complexity index is 1270. The fourth-order valence-corrected chi connectivity index (χ4v) is 3.71. The van der Waals surface area contributed by atoms with Crippen molar-refractivity contribution in [3.05, 3.63) is 127 Å². The van der Waals surface area contributed by atoms with Crippen molar-refractivity contribution >= 4 is 29.5 Å². The number of ether oxygens (including phenoxy) is 2. The summed E-state index contributed by atoms with van der Waals surface area (Å²) in [6.07, 6.45) is 1.15. The van der Waals surface area contributed by atoms with Crippen molar-refractivity contribution in [2.75, 3.05) is 4.90 Å². The van der Waals surface area contributed by atoms with Crippen molar-refractivity contribution in [1.82, 2.24) is 0 Å². The maximum absolute atomic E-state index is 11.4. The first-order chi connectivity index (χ1) is 17.2. The highest BCUT2D eigenvalue weighted by Crippen LogP contribution is 2.36. The minimum Gasteiger partial charge on any atom is -0.463 e. The van der Waals surface area contributed by atoms with Crippen LogP contribution in [0.2, 0.25) is 0 Å². The predicted molar refractivity (Wildman–Crippen MR) is 137 cm³/mol. The van der Waals surface area contributed by atoms with Crippen molar-refractivity contribution < 1.29 is 19.1 Å². The smallest absolute Gasteiger partial charge is 0.330 e. The van der Waals surface area contributed by atoms with Gasteiger partial charge in [0, 0.05) is 23.1 Å². The largest absolute Gasteiger partial charge is 0.463 e. The molecule has 0 spiro atoms. The summed E-state index contributed by atoms with van der Waals surface area (Å²) >= 11 is 0. The SMILES string of the molecule is C=CC(=O)OCc1ccc(N(c2ccc(COC=O)cc2)c2ccc(-c3ccccc3)cc2)cc1. The first kappa shape index (κ1) is 23.5. The first-order valence-electron chi connectivity index (χ1n) is 11.2. The molecule has 0 saturated heterocycles. The Morgan fingerprint density at radius 2 is 1.17 bits per heavy atom. The van der Waals surface area contributed by atoms with Gasteiger partial charge < -0.3 is 14.4 Å². The van der Waals surface area contributed by atoms with Crippen molar-refractivity contribution in [3.8, 4) is 11.1 Å². The molecule has 0 aromatic heterocycles. The van der Waals surface area contributed by atoms with Gasteiger partial charge in [0.1, 0.15) is 13.2 Å². The summed E-state index contributed by atoms with van der Waals surface area (Å²) in [5, 5.41) is 0. The standard InChI is InChI=1S/C30H25NO4/c1-2-30(33)35-21-24-10-16-28(17-11-24)31(27-14-8-23(9-15-27)20-34-22-32)29-18-12-26(13-19-29)25-6-4-3-5-7-25/h2-19,22H,1,20-21H2. The van der Waals surface area contributed by atoms with E-state index in [4.69, 9.17) is 9.47 Å². The highest BCUT2D eigenvalue weighted by Gasteiger charge is 2.13. The zero-order valence-electron chi connectivity index (χ0n) is 19.2. The average Bonchev–Trinajstić information content (AvgIpc) is 2.93. The van der Waals surface area contributed by atoms with Crippen LogP contribution in [-0.2, 0) is 32.3 Å². The molecule has 0 N–H and O–H groups in total. The van der Waals surface area contributed by atoms with Gasteiger partial charge in [0.25, 0.3) is 6.47 Å². The van der Waals surface area contributed by atoms with Gasteiger partial charge in [0.05, 0.1) is 0 Å². The maximum atomic E-state index is 11.4. The van der Waals surface area contributed by atoms with Gasteiger partial charge >= 0.3 is 5.97 Å². The van der Waals surface area contributed by atoms with Gasteiger partial charge in [-0.15, -0.1) is 0 Å². The Hall–Kier alpha value is -4.64. The second-order valence-corrected chi connectivity index (χ2v) is 7.80. The minimum atomic E-state index is -0.451. The molecule has 0 unspecified atom stereocenters. The molecule has 5 nitrogen and oxygen atoms in total. The number of carbonyl (C=O) groups excluding carboxylic acids is 2. The third-order valence-corrected chi connectivity index (χ3v) is 5.49. The number of esters is 1. The van der Waals surface area contributed by atoms with E-state index in [-0.39, 0.29) is 13.2 Å². The summed E-state index contributed by atoms with van der Waals surface area (Å²) in [6.45, 7) is 4.28. The maximum Gasteiger partial charge on any atom is 0.330 e. The van der Waals surface area contributed by atoms with Gasteiger partial charge in [-0.3, -0.25) is 4.79 Å². The Morgan fingerprint density at radius 3 is 1.69 bits per heavy atom. The van der Waals surface area contributed by atoms with Gasteiger partial charge in [-0.1, -0.05) is 73.3 Å². The van der Waals surface area contributed by atoms with Crippen LogP contribution in [0.1, 0.15) is 11.1 Å². The quantitative estimate of drug-likeness (QED) is 0.148. The zero-order chi connectivity index (χ0) is 24.5. The Labute approximate surface area is 204 Å². The number of carbonyl (C=O) groups is 2. The second kappa shape index (κ2) is 11.5. The minimum absolute atomic E-state index is 0.183. The van der Waals surface area contributed by atoms with Gasteiger partial charge in [-0.25, -0.2) is 4.79 Å². The first-order valence-corrected chi connectivity index (χ1v) is 11.2. The molecule has 0 atom stereocenters. The Kier molecular flexibility index (Phi) is 7.71. The predicted octanol–water partition coefficient (Wildman–Crippen LogP) is 6.73. The topological polar surface area (TPSA) is 55.8 Å². The third-order valence-electron chi connectivity index (χ3n) is 5.49.